The molecule has 0 fully saturated rings. The minimum Gasteiger partial charge on any atom is -0.467 e. The van der Waals surface area contributed by atoms with Crippen LogP contribution in [0.2, 0.25) is 0 Å². The van der Waals surface area contributed by atoms with Crippen LogP contribution in [-0.2, 0) is 11.3 Å². The van der Waals surface area contributed by atoms with Gasteiger partial charge in [0.1, 0.15) is 12.4 Å². The maximum Gasteiger partial charge on any atom is 0.129 e. The minimum absolute atomic E-state index is 0.266. The lowest BCUT2D eigenvalue weighted by Crippen LogP contribution is -2.24. The molecule has 1 heterocycles. The van der Waals surface area contributed by atoms with Crippen molar-refractivity contribution in [2.24, 2.45) is 0 Å². The summed E-state index contributed by atoms with van der Waals surface area (Å²) in [4.78, 5) is 0. The van der Waals surface area contributed by atoms with E-state index in [2.05, 4.69) is 21.2 Å². The largest absolute Gasteiger partial charge is 0.467 e. The van der Waals surface area contributed by atoms with Crippen molar-refractivity contribution in [2.75, 3.05) is 18.5 Å². The van der Waals surface area contributed by atoms with Crippen LogP contribution in [0, 0.1) is 0 Å². The molecule has 2 aromatic rings. The first kappa shape index (κ1) is 14.1. The molecule has 0 aliphatic rings. The van der Waals surface area contributed by atoms with Crippen LogP contribution >= 0.6 is 15.9 Å². The Balaban J connectivity index is 1.65. The highest BCUT2D eigenvalue weighted by Gasteiger charge is 2.05. The molecule has 0 radical (unpaired) electrons. The van der Waals surface area contributed by atoms with Gasteiger partial charge in [0.25, 0.3) is 0 Å². The van der Waals surface area contributed by atoms with Gasteiger partial charge >= 0.3 is 0 Å². The van der Waals surface area contributed by atoms with Gasteiger partial charge < -0.3 is 19.6 Å². The predicted octanol–water partition coefficient (Wildman–Crippen LogP) is 3.03. The number of nitrogens with one attached hydrogen (secondary N) is 1. The van der Waals surface area contributed by atoms with E-state index in [1.807, 2.05) is 36.4 Å². The van der Waals surface area contributed by atoms with E-state index in [-0.39, 0.29) is 6.61 Å². The summed E-state index contributed by atoms with van der Waals surface area (Å²) < 4.78 is 11.5. The number of hydrogen-bond acceptors (Lipinski definition) is 4. The van der Waals surface area contributed by atoms with Gasteiger partial charge in [-0.1, -0.05) is 22.0 Å². The van der Waals surface area contributed by atoms with Crippen molar-refractivity contribution in [2.45, 2.75) is 12.7 Å². The first-order valence-corrected chi connectivity index (χ1v) is 6.81. The van der Waals surface area contributed by atoms with Crippen LogP contribution in [0.3, 0.4) is 0 Å². The minimum atomic E-state index is -0.561. The Labute approximate surface area is 120 Å². The van der Waals surface area contributed by atoms with Gasteiger partial charge in [-0.25, -0.2) is 0 Å². The van der Waals surface area contributed by atoms with Crippen LogP contribution < -0.4 is 5.32 Å². The molecule has 2 N–H and O–H groups in total. The van der Waals surface area contributed by atoms with E-state index in [0.29, 0.717) is 13.2 Å². The van der Waals surface area contributed by atoms with Crippen LogP contribution in [0.5, 0.6) is 0 Å². The Morgan fingerprint density at radius 2 is 2.21 bits per heavy atom. The molecule has 2 rings (SSSR count). The molecule has 0 saturated heterocycles. The zero-order valence-corrected chi connectivity index (χ0v) is 12.0. The highest BCUT2D eigenvalue weighted by molar-refractivity contribution is 9.10. The molecule has 19 heavy (non-hydrogen) atoms. The van der Waals surface area contributed by atoms with E-state index in [0.717, 1.165) is 15.9 Å². The number of benzene rings is 1. The molecule has 0 amide bonds. The molecule has 1 aromatic heterocycles. The molecular formula is C14H16BrNO3. The van der Waals surface area contributed by atoms with Crippen molar-refractivity contribution in [1.29, 1.82) is 0 Å². The van der Waals surface area contributed by atoms with E-state index in [9.17, 15) is 5.11 Å². The smallest absolute Gasteiger partial charge is 0.129 e. The summed E-state index contributed by atoms with van der Waals surface area (Å²) in [5.74, 6) is 0.757. The molecule has 1 aromatic carbocycles. The Kier molecular flexibility index (Phi) is 5.44. The molecule has 0 saturated carbocycles. The number of aliphatic hydroxyl groups excluding tert-OH is 1. The molecule has 0 aliphatic heterocycles. The van der Waals surface area contributed by atoms with Crippen molar-refractivity contribution in [3.63, 3.8) is 0 Å². The number of furan rings is 1. The van der Waals surface area contributed by atoms with Gasteiger partial charge in [0, 0.05) is 16.7 Å². The summed E-state index contributed by atoms with van der Waals surface area (Å²) in [6.07, 6.45) is 1.04. The standard InChI is InChI=1S/C14H16BrNO3/c15-11-3-1-4-12(7-11)16-8-13(17)9-18-10-14-5-2-6-19-14/h1-7,13,16-17H,8-10H2. The summed E-state index contributed by atoms with van der Waals surface area (Å²) >= 11 is 3.40. The normalized spacial score (nSPS) is 12.3. The molecule has 1 atom stereocenters. The lowest BCUT2D eigenvalue weighted by Gasteiger charge is -2.13. The molecule has 0 bridgehead atoms. The van der Waals surface area contributed by atoms with E-state index in [1.165, 1.54) is 0 Å². The van der Waals surface area contributed by atoms with Gasteiger partial charge in [-0.05, 0) is 30.3 Å². The van der Waals surface area contributed by atoms with Crippen LogP contribution in [0.4, 0.5) is 5.69 Å². The fraction of sp³-hybridized carbons (Fsp3) is 0.286. The van der Waals surface area contributed by atoms with E-state index in [4.69, 9.17) is 9.15 Å². The molecule has 0 spiro atoms. The topological polar surface area (TPSA) is 54.6 Å². The summed E-state index contributed by atoms with van der Waals surface area (Å²) in [6.45, 7) is 1.08. The monoisotopic (exact) mass is 325 g/mol. The third kappa shape index (κ3) is 5.06. The number of hydrogen-bond donors (Lipinski definition) is 2. The maximum atomic E-state index is 9.78. The number of rotatable bonds is 7. The van der Waals surface area contributed by atoms with Gasteiger partial charge in [0.05, 0.1) is 19.0 Å². The van der Waals surface area contributed by atoms with Gasteiger partial charge in [-0.3, -0.25) is 0 Å². The van der Waals surface area contributed by atoms with Crippen molar-refractivity contribution in [1.82, 2.24) is 0 Å². The second kappa shape index (κ2) is 7.33. The van der Waals surface area contributed by atoms with Crippen LogP contribution in [0.1, 0.15) is 5.76 Å². The fourth-order valence-corrected chi connectivity index (χ4v) is 1.98. The number of halogens is 1. The zero-order chi connectivity index (χ0) is 13.5. The third-order valence-corrected chi connectivity index (χ3v) is 2.99. The van der Waals surface area contributed by atoms with Crippen molar-refractivity contribution in [3.05, 3.63) is 52.9 Å². The van der Waals surface area contributed by atoms with E-state index >= 15 is 0 Å². The molecule has 1 unspecified atom stereocenters. The number of aliphatic hydroxyl groups is 1. The van der Waals surface area contributed by atoms with Crippen molar-refractivity contribution >= 4 is 21.6 Å². The molecule has 0 aliphatic carbocycles. The Hall–Kier alpha value is -1.30. The van der Waals surface area contributed by atoms with Gasteiger partial charge in [0.15, 0.2) is 0 Å². The summed E-state index contributed by atoms with van der Waals surface area (Å²) in [6, 6.07) is 11.4. The average molecular weight is 326 g/mol. The van der Waals surface area contributed by atoms with Gasteiger partial charge in [-0.2, -0.15) is 0 Å². The summed E-state index contributed by atoms with van der Waals surface area (Å²) in [5.41, 5.74) is 0.958. The van der Waals surface area contributed by atoms with Crippen LogP contribution in [0.15, 0.2) is 51.6 Å². The first-order valence-electron chi connectivity index (χ1n) is 6.01. The molecule has 5 heteroatoms. The van der Waals surface area contributed by atoms with Crippen molar-refractivity contribution < 1.29 is 14.3 Å². The zero-order valence-electron chi connectivity index (χ0n) is 10.4. The highest BCUT2D eigenvalue weighted by atomic mass is 79.9. The average Bonchev–Trinajstić information content (AvgIpc) is 2.90. The number of anilines is 1. The summed E-state index contributed by atoms with van der Waals surface area (Å²) in [7, 11) is 0. The Morgan fingerprint density at radius 3 is 2.95 bits per heavy atom. The van der Waals surface area contributed by atoms with Crippen LogP contribution in [-0.4, -0.2) is 24.4 Å². The predicted molar refractivity (Wildman–Crippen MR) is 77.0 cm³/mol. The Bertz CT molecular complexity index is 487. The number of ether oxygens (including phenoxy) is 1. The van der Waals surface area contributed by atoms with Gasteiger partial charge in [-0.15, -0.1) is 0 Å². The van der Waals surface area contributed by atoms with Crippen LogP contribution in [0.25, 0.3) is 0 Å². The van der Waals surface area contributed by atoms with E-state index < -0.39 is 6.10 Å². The molecule has 102 valence electrons. The highest BCUT2D eigenvalue weighted by Crippen LogP contribution is 2.15. The maximum absolute atomic E-state index is 9.78. The SMILES string of the molecule is OC(CNc1cccc(Br)c1)COCc1ccco1. The van der Waals surface area contributed by atoms with Gasteiger partial charge in [0.2, 0.25) is 0 Å². The first-order chi connectivity index (χ1) is 9.24. The summed E-state index contributed by atoms with van der Waals surface area (Å²) in [5, 5.41) is 12.9. The molecule has 4 nitrogen and oxygen atoms in total. The molecular weight excluding hydrogens is 310 g/mol. The lowest BCUT2D eigenvalue weighted by molar-refractivity contribution is 0.0282. The second-order valence-electron chi connectivity index (χ2n) is 4.14. The lowest BCUT2D eigenvalue weighted by atomic mass is 10.3. The van der Waals surface area contributed by atoms with Crippen molar-refractivity contribution in [3.8, 4) is 0 Å². The quantitative estimate of drug-likeness (QED) is 0.821. The third-order valence-electron chi connectivity index (χ3n) is 2.50. The Morgan fingerprint density at radius 1 is 1.32 bits per heavy atom. The second-order valence-corrected chi connectivity index (χ2v) is 5.06. The van der Waals surface area contributed by atoms with E-state index in [1.54, 1.807) is 6.26 Å². The fourth-order valence-electron chi connectivity index (χ4n) is 1.58.